The molecule has 0 bridgehead atoms. The smallest absolute Gasteiger partial charge is 0.410 e. The lowest BCUT2D eigenvalue weighted by Crippen LogP contribution is -2.39. The summed E-state index contributed by atoms with van der Waals surface area (Å²) in [6.07, 6.45) is 0.406. The van der Waals surface area contributed by atoms with E-state index in [1.165, 1.54) is 5.56 Å². The molecule has 2 aliphatic rings. The van der Waals surface area contributed by atoms with Crippen molar-refractivity contribution < 1.29 is 14.3 Å². The molecule has 2 heterocycles. The Balaban J connectivity index is 1.71. The van der Waals surface area contributed by atoms with Crippen molar-refractivity contribution in [2.24, 2.45) is 0 Å². The first kappa shape index (κ1) is 15.8. The van der Waals surface area contributed by atoms with Gasteiger partial charge in [-0.05, 0) is 23.1 Å². The van der Waals surface area contributed by atoms with Gasteiger partial charge in [-0.3, -0.25) is 4.79 Å². The van der Waals surface area contributed by atoms with Gasteiger partial charge in [0.25, 0.3) is 5.91 Å². The van der Waals surface area contributed by atoms with E-state index in [9.17, 15) is 9.59 Å². The van der Waals surface area contributed by atoms with Gasteiger partial charge in [0.1, 0.15) is 0 Å². The first-order chi connectivity index (χ1) is 10.7. The van der Waals surface area contributed by atoms with Crippen LogP contribution in [-0.4, -0.2) is 54.1 Å². The van der Waals surface area contributed by atoms with Crippen molar-refractivity contribution >= 4 is 12.0 Å². The number of ether oxygens (including phenoxy) is 1. The van der Waals surface area contributed by atoms with E-state index in [2.05, 4.69) is 20.8 Å². The molecule has 23 heavy (non-hydrogen) atoms. The van der Waals surface area contributed by atoms with E-state index in [1.807, 2.05) is 24.3 Å². The Morgan fingerprint density at radius 3 is 2.35 bits per heavy atom. The molecule has 1 atom stereocenters. The summed E-state index contributed by atoms with van der Waals surface area (Å²) in [5.41, 5.74) is 1.44. The molecule has 0 saturated carbocycles. The third-order valence-corrected chi connectivity index (χ3v) is 4.74. The standard InChI is InChI=1S/C18H24N2O3/c1-17(2,3)14-7-5-13(6-8-14)15(21)20-10-9-18(12-20)11-19(4)16(22)23-18/h5-8H,9-12H2,1-4H3/t18-/m1/s1. The van der Waals surface area contributed by atoms with Crippen molar-refractivity contribution in [1.82, 2.24) is 9.80 Å². The average molecular weight is 316 g/mol. The van der Waals surface area contributed by atoms with Crippen molar-refractivity contribution in [2.75, 3.05) is 26.7 Å². The van der Waals surface area contributed by atoms with Crippen LogP contribution in [0.4, 0.5) is 4.79 Å². The topological polar surface area (TPSA) is 49.9 Å². The van der Waals surface area contributed by atoms with Crippen LogP contribution in [0.1, 0.15) is 43.1 Å². The predicted octanol–water partition coefficient (Wildman–Crippen LogP) is 2.65. The van der Waals surface area contributed by atoms with Crippen LogP contribution in [0.15, 0.2) is 24.3 Å². The molecule has 124 valence electrons. The molecule has 1 spiro atoms. The molecule has 3 rings (SSSR count). The van der Waals surface area contributed by atoms with E-state index in [0.717, 1.165) is 0 Å². The van der Waals surface area contributed by atoms with Crippen LogP contribution in [0.25, 0.3) is 0 Å². The quantitative estimate of drug-likeness (QED) is 0.800. The summed E-state index contributed by atoms with van der Waals surface area (Å²) < 4.78 is 5.50. The highest BCUT2D eigenvalue weighted by molar-refractivity contribution is 5.94. The highest BCUT2D eigenvalue weighted by Crippen LogP contribution is 2.32. The Bertz CT molecular complexity index is 633. The summed E-state index contributed by atoms with van der Waals surface area (Å²) >= 11 is 0. The van der Waals surface area contributed by atoms with Gasteiger partial charge in [0.15, 0.2) is 5.60 Å². The predicted molar refractivity (Wildman–Crippen MR) is 87.5 cm³/mol. The van der Waals surface area contributed by atoms with Crippen molar-refractivity contribution in [1.29, 1.82) is 0 Å². The molecule has 2 saturated heterocycles. The molecule has 5 nitrogen and oxygen atoms in total. The van der Waals surface area contributed by atoms with Gasteiger partial charge < -0.3 is 14.5 Å². The summed E-state index contributed by atoms with van der Waals surface area (Å²) in [4.78, 5) is 27.7. The van der Waals surface area contributed by atoms with Gasteiger partial charge in [-0.2, -0.15) is 0 Å². The first-order valence-corrected chi connectivity index (χ1v) is 8.04. The van der Waals surface area contributed by atoms with Crippen molar-refractivity contribution in [3.05, 3.63) is 35.4 Å². The number of likely N-dealkylation sites (N-methyl/N-ethyl adjacent to an activating group) is 1. The van der Waals surface area contributed by atoms with Crippen LogP contribution >= 0.6 is 0 Å². The maximum absolute atomic E-state index is 12.7. The van der Waals surface area contributed by atoms with Crippen molar-refractivity contribution in [3.63, 3.8) is 0 Å². The molecule has 1 aromatic carbocycles. The molecule has 2 amide bonds. The van der Waals surface area contributed by atoms with E-state index >= 15 is 0 Å². The Morgan fingerprint density at radius 2 is 1.83 bits per heavy atom. The second kappa shape index (κ2) is 5.25. The zero-order valence-corrected chi connectivity index (χ0v) is 14.3. The largest absolute Gasteiger partial charge is 0.439 e. The maximum Gasteiger partial charge on any atom is 0.410 e. The van der Waals surface area contributed by atoms with Gasteiger partial charge >= 0.3 is 6.09 Å². The summed E-state index contributed by atoms with van der Waals surface area (Å²) in [6, 6.07) is 7.81. The highest BCUT2D eigenvalue weighted by Gasteiger charge is 2.49. The minimum absolute atomic E-state index is 0.00735. The monoisotopic (exact) mass is 316 g/mol. The van der Waals surface area contributed by atoms with Crippen LogP contribution < -0.4 is 0 Å². The van der Waals surface area contributed by atoms with E-state index in [1.54, 1.807) is 16.8 Å². The van der Waals surface area contributed by atoms with Crippen LogP contribution in [0.3, 0.4) is 0 Å². The molecule has 1 aromatic rings. The molecule has 2 fully saturated rings. The molecular formula is C18H24N2O3. The molecule has 5 heteroatoms. The fourth-order valence-corrected chi connectivity index (χ4v) is 3.32. The molecule has 0 aromatic heterocycles. The Morgan fingerprint density at radius 1 is 1.17 bits per heavy atom. The summed E-state index contributed by atoms with van der Waals surface area (Å²) in [6.45, 7) is 8.11. The minimum atomic E-state index is -0.521. The molecule has 2 aliphatic heterocycles. The summed E-state index contributed by atoms with van der Waals surface area (Å²) in [5.74, 6) is 0.00735. The molecule has 0 radical (unpaired) electrons. The van der Waals surface area contributed by atoms with E-state index < -0.39 is 5.60 Å². The Hall–Kier alpha value is -2.04. The first-order valence-electron chi connectivity index (χ1n) is 8.04. The number of likely N-dealkylation sites (tertiary alicyclic amines) is 1. The number of rotatable bonds is 1. The Kier molecular flexibility index (Phi) is 3.62. The lowest BCUT2D eigenvalue weighted by molar-refractivity contribution is 0.0553. The van der Waals surface area contributed by atoms with Gasteiger partial charge in [-0.25, -0.2) is 4.79 Å². The molecule has 0 N–H and O–H groups in total. The third kappa shape index (κ3) is 2.92. The van der Waals surface area contributed by atoms with Crippen LogP contribution in [0, 0.1) is 0 Å². The summed E-state index contributed by atoms with van der Waals surface area (Å²) in [5, 5.41) is 0. The van der Waals surface area contributed by atoms with E-state index in [4.69, 9.17) is 4.74 Å². The normalized spacial score (nSPS) is 24.4. The van der Waals surface area contributed by atoms with Gasteiger partial charge in [-0.15, -0.1) is 0 Å². The van der Waals surface area contributed by atoms with E-state index in [0.29, 0.717) is 31.6 Å². The summed E-state index contributed by atoms with van der Waals surface area (Å²) in [7, 11) is 1.73. The van der Waals surface area contributed by atoms with Crippen LogP contribution in [0.5, 0.6) is 0 Å². The third-order valence-electron chi connectivity index (χ3n) is 4.74. The zero-order valence-electron chi connectivity index (χ0n) is 14.3. The lowest BCUT2D eigenvalue weighted by atomic mass is 9.86. The van der Waals surface area contributed by atoms with Gasteiger partial charge in [0.05, 0.1) is 13.1 Å². The van der Waals surface area contributed by atoms with Crippen molar-refractivity contribution in [3.8, 4) is 0 Å². The second-order valence-corrected chi connectivity index (χ2v) is 7.71. The van der Waals surface area contributed by atoms with Gasteiger partial charge in [0.2, 0.25) is 0 Å². The average Bonchev–Trinajstić information content (AvgIpc) is 3.01. The SMILES string of the molecule is CN1C[C@@]2(CCN(C(=O)c3ccc(C(C)(C)C)cc3)C2)OC1=O. The number of nitrogens with zero attached hydrogens (tertiary/aromatic N) is 2. The van der Waals surface area contributed by atoms with Crippen molar-refractivity contribution in [2.45, 2.75) is 38.2 Å². The number of hydrogen-bond acceptors (Lipinski definition) is 3. The number of amides is 2. The molecule has 0 aliphatic carbocycles. The molecule has 0 unspecified atom stereocenters. The highest BCUT2D eigenvalue weighted by atomic mass is 16.6. The van der Waals surface area contributed by atoms with Crippen LogP contribution in [0.2, 0.25) is 0 Å². The second-order valence-electron chi connectivity index (χ2n) is 7.71. The van der Waals surface area contributed by atoms with Gasteiger partial charge in [-0.1, -0.05) is 32.9 Å². The van der Waals surface area contributed by atoms with E-state index in [-0.39, 0.29) is 17.4 Å². The number of carbonyl (C=O) groups excluding carboxylic acids is 2. The zero-order chi connectivity index (χ0) is 16.8. The molecular weight excluding hydrogens is 292 g/mol. The minimum Gasteiger partial charge on any atom is -0.439 e. The van der Waals surface area contributed by atoms with Gasteiger partial charge in [0, 0.05) is 25.6 Å². The number of carbonyl (C=O) groups is 2. The van der Waals surface area contributed by atoms with Crippen LogP contribution in [-0.2, 0) is 10.2 Å². The lowest BCUT2D eigenvalue weighted by Gasteiger charge is -2.22. The fraction of sp³-hybridized carbons (Fsp3) is 0.556. The number of hydrogen-bond donors (Lipinski definition) is 0. The number of benzene rings is 1. The Labute approximate surface area is 137 Å². The maximum atomic E-state index is 12.7. The fourth-order valence-electron chi connectivity index (χ4n) is 3.32.